The number of rotatable bonds is 2. The first-order valence-corrected chi connectivity index (χ1v) is 11.1. The summed E-state index contributed by atoms with van der Waals surface area (Å²) in [6.07, 6.45) is 8.43. The molecule has 1 saturated carbocycles. The lowest BCUT2D eigenvalue weighted by molar-refractivity contribution is -0.0407. The molecule has 29 heavy (non-hydrogen) atoms. The van der Waals surface area contributed by atoms with Crippen molar-refractivity contribution in [2.45, 2.75) is 73.6 Å². The van der Waals surface area contributed by atoms with Crippen LogP contribution < -0.4 is 0 Å². The molecule has 0 N–H and O–H groups in total. The van der Waals surface area contributed by atoms with Crippen LogP contribution >= 0.6 is 0 Å². The molecule has 0 radical (unpaired) electrons. The third-order valence-electron chi connectivity index (χ3n) is 8.49. The Morgan fingerprint density at radius 3 is 2.24 bits per heavy atom. The standard InChI is InChI=1S/C25H32N2O2/c1-14-8-7-9-21-24(14,5)11-10-15(2)25(21,6)13-18-22-19(26-16(3)28-22)12-20-23(18)29-17(4)27-20/h8,12,15,21H,7,9-11,13H2,1-6H3. The van der Waals surface area contributed by atoms with E-state index in [0.717, 1.165) is 34.2 Å². The molecule has 5 rings (SSSR count). The molecule has 4 nitrogen and oxygen atoms in total. The van der Waals surface area contributed by atoms with Crippen molar-refractivity contribution in [1.29, 1.82) is 0 Å². The fraction of sp³-hybridized carbons (Fsp3) is 0.600. The van der Waals surface area contributed by atoms with Gasteiger partial charge in [0, 0.05) is 19.4 Å². The molecule has 2 aliphatic carbocycles. The second kappa shape index (κ2) is 6.20. The highest BCUT2D eigenvalue weighted by Crippen LogP contribution is 2.61. The quantitative estimate of drug-likeness (QED) is 0.444. The van der Waals surface area contributed by atoms with Gasteiger partial charge in [0.15, 0.2) is 22.9 Å². The Labute approximate surface area is 172 Å². The molecule has 154 valence electrons. The van der Waals surface area contributed by atoms with Gasteiger partial charge >= 0.3 is 0 Å². The highest BCUT2D eigenvalue weighted by atomic mass is 16.4. The Bertz CT molecular complexity index is 1080. The van der Waals surface area contributed by atoms with Crippen molar-refractivity contribution in [3.05, 3.63) is 35.1 Å². The Morgan fingerprint density at radius 1 is 1.00 bits per heavy atom. The molecular formula is C25H32N2O2. The average molecular weight is 393 g/mol. The highest BCUT2D eigenvalue weighted by molar-refractivity contribution is 5.93. The Balaban J connectivity index is 1.70. The first kappa shape index (κ1) is 18.9. The molecule has 1 fully saturated rings. The van der Waals surface area contributed by atoms with Crippen LogP contribution in [0.3, 0.4) is 0 Å². The first-order valence-electron chi connectivity index (χ1n) is 11.1. The number of fused-ring (bicyclic) bond motifs is 3. The number of hydrogen-bond acceptors (Lipinski definition) is 4. The van der Waals surface area contributed by atoms with Crippen molar-refractivity contribution in [1.82, 2.24) is 9.97 Å². The van der Waals surface area contributed by atoms with Gasteiger partial charge in [-0.25, -0.2) is 9.97 Å². The summed E-state index contributed by atoms with van der Waals surface area (Å²) in [5.41, 5.74) is 6.77. The molecule has 1 aromatic carbocycles. The third-order valence-corrected chi connectivity index (χ3v) is 8.49. The van der Waals surface area contributed by atoms with E-state index < -0.39 is 0 Å². The molecule has 0 bridgehead atoms. The van der Waals surface area contributed by atoms with E-state index in [4.69, 9.17) is 8.83 Å². The number of hydrogen-bond donors (Lipinski definition) is 0. The maximum atomic E-state index is 6.11. The molecule has 4 heteroatoms. The smallest absolute Gasteiger partial charge is 0.192 e. The van der Waals surface area contributed by atoms with Crippen LogP contribution in [0.2, 0.25) is 0 Å². The Kier molecular flexibility index (Phi) is 4.04. The number of aryl methyl sites for hydroxylation is 2. The molecule has 0 saturated heterocycles. The minimum Gasteiger partial charge on any atom is -0.441 e. The van der Waals surface area contributed by atoms with Gasteiger partial charge in [0.2, 0.25) is 0 Å². The van der Waals surface area contributed by atoms with Gasteiger partial charge < -0.3 is 8.83 Å². The largest absolute Gasteiger partial charge is 0.441 e. The van der Waals surface area contributed by atoms with Crippen LogP contribution in [0.1, 0.15) is 70.7 Å². The fourth-order valence-electron chi connectivity index (χ4n) is 6.50. The van der Waals surface area contributed by atoms with Gasteiger partial charge in [-0.2, -0.15) is 0 Å². The van der Waals surface area contributed by atoms with Gasteiger partial charge in [-0.05, 0) is 67.8 Å². The lowest BCUT2D eigenvalue weighted by atomic mass is 9.47. The van der Waals surface area contributed by atoms with Crippen molar-refractivity contribution in [2.24, 2.45) is 22.7 Å². The summed E-state index contributed by atoms with van der Waals surface area (Å²) >= 11 is 0. The molecule has 0 amide bonds. The summed E-state index contributed by atoms with van der Waals surface area (Å²) in [6, 6.07) is 2.01. The summed E-state index contributed by atoms with van der Waals surface area (Å²) in [6.45, 7) is 13.6. The zero-order valence-electron chi connectivity index (χ0n) is 18.6. The van der Waals surface area contributed by atoms with Crippen LogP contribution in [0.5, 0.6) is 0 Å². The molecule has 0 aliphatic heterocycles. The minimum absolute atomic E-state index is 0.172. The monoisotopic (exact) mass is 392 g/mol. The lowest BCUT2D eigenvalue weighted by Crippen LogP contribution is -2.50. The number of aromatic nitrogens is 2. The lowest BCUT2D eigenvalue weighted by Gasteiger charge is -2.58. The first-order chi connectivity index (χ1) is 13.7. The van der Waals surface area contributed by atoms with E-state index in [-0.39, 0.29) is 5.41 Å². The van der Waals surface area contributed by atoms with E-state index in [2.05, 4.69) is 43.7 Å². The van der Waals surface area contributed by atoms with E-state index in [9.17, 15) is 0 Å². The minimum atomic E-state index is 0.172. The van der Waals surface area contributed by atoms with Crippen molar-refractivity contribution < 1.29 is 8.83 Å². The van der Waals surface area contributed by atoms with Gasteiger partial charge in [-0.15, -0.1) is 0 Å². The molecule has 0 spiro atoms. The van der Waals surface area contributed by atoms with Crippen molar-refractivity contribution in [3.63, 3.8) is 0 Å². The third kappa shape index (κ3) is 2.64. The molecule has 2 aliphatic rings. The fourth-order valence-corrected chi connectivity index (χ4v) is 6.50. The zero-order valence-corrected chi connectivity index (χ0v) is 18.6. The maximum absolute atomic E-state index is 6.11. The van der Waals surface area contributed by atoms with Crippen molar-refractivity contribution >= 4 is 22.2 Å². The normalized spacial score (nSPS) is 32.6. The summed E-state index contributed by atoms with van der Waals surface area (Å²) in [4.78, 5) is 9.24. The van der Waals surface area contributed by atoms with Crippen LogP contribution in [0.15, 0.2) is 26.5 Å². The molecule has 2 heterocycles. The van der Waals surface area contributed by atoms with Crippen LogP contribution in [0, 0.1) is 36.5 Å². The number of oxazole rings is 2. The van der Waals surface area contributed by atoms with Crippen LogP contribution in [0.25, 0.3) is 22.2 Å². The second-order valence-electron chi connectivity index (χ2n) is 10.1. The number of benzene rings is 1. The van der Waals surface area contributed by atoms with E-state index in [1.807, 2.05) is 19.9 Å². The van der Waals surface area contributed by atoms with Gasteiger partial charge in [-0.3, -0.25) is 0 Å². The zero-order chi connectivity index (χ0) is 20.6. The molecule has 4 unspecified atom stereocenters. The van der Waals surface area contributed by atoms with Crippen LogP contribution in [-0.2, 0) is 6.42 Å². The van der Waals surface area contributed by atoms with E-state index in [0.29, 0.717) is 29.0 Å². The predicted molar refractivity (Wildman–Crippen MR) is 116 cm³/mol. The molecule has 2 aromatic heterocycles. The second-order valence-corrected chi connectivity index (χ2v) is 10.1. The molecule has 4 atom stereocenters. The average Bonchev–Trinajstić information content (AvgIpc) is 3.21. The SMILES string of the molecule is CC1=CCCC2C1(C)CCC(C)C2(C)Cc1c2oc(C)nc2cc2nc(C)oc12. The summed E-state index contributed by atoms with van der Waals surface area (Å²) in [5.74, 6) is 2.70. The molecule has 3 aromatic rings. The summed E-state index contributed by atoms with van der Waals surface area (Å²) in [7, 11) is 0. The van der Waals surface area contributed by atoms with Gasteiger partial charge in [-0.1, -0.05) is 32.4 Å². The van der Waals surface area contributed by atoms with Gasteiger partial charge in [0.05, 0.1) is 0 Å². The van der Waals surface area contributed by atoms with Crippen LogP contribution in [0.4, 0.5) is 0 Å². The number of nitrogens with zero attached hydrogens (tertiary/aromatic N) is 2. The molecular weight excluding hydrogens is 360 g/mol. The van der Waals surface area contributed by atoms with Gasteiger partial charge in [0.1, 0.15) is 11.0 Å². The van der Waals surface area contributed by atoms with Gasteiger partial charge in [0.25, 0.3) is 0 Å². The predicted octanol–water partition coefficient (Wildman–Crippen LogP) is 6.93. The van der Waals surface area contributed by atoms with Crippen molar-refractivity contribution in [2.75, 3.05) is 0 Å². The van der Waals surface area contributed by atoms with Crippen molar-refractivity contribution in [3.8, 4) is 0 Å². The Hall–Kier alpha value is -2.10. The van der Waals surface area contributed by atoms with E-state index in [1.165, 1.54) is 25.7 Å². The Morgan fingerprint density at radius 2 is 1.62 bits per heavy atom. The van der Waals surface area contributed by atoms with E-state index in [1.54, 1.807) is 5.57 Å². The van der Waals surface area contributed by atoms with E-state index >= 15 is 0 Å². The van der Waals surface area contributed by atoms with Crippen LogP contribution in [-0.4, -0.2) is 9.97 Å². The summed E-state index contributed by atoms with van der Waals surface area (Å²) < 4.78 is 12.2. The summed E-state index contributed by atoms with van der Waals surface area (Å²) in [5, 5.41) is 0. The maximum Gasteiger partial charge on any atom is 0.192 e. The topological polar surface area (TPSA) is 52.1 Å². The number of allylic oxidation sites excluding steroid dienone is 2. The highest BCUT2D eigenvalue weighted by Gasteiger charge is 2.53.